The standard InChI is InChI=1S/C21H25N3O5/c1-17-7-8-19(24(26)27)15-20(17)28-14-13-22-9-11-23(12-10-22)21(25)29-16-18-5-3-2-4-6-18/h2-8,15H,9-14,16H2,1H3. The Morgan fingerprint density at radius 1 is 1.10 bits per heavy atom. The van der Waals surface area contributed by atoms with Crippen molar-refractivity contribution >= 4 is 11.8 Å². The Labute approximate surface area is 169 Å². The number of aryl methyl sites for hydroxylation is 1. The first kappa shape index (κ1) is 20.6. The highest BCUT2D eigenvalue weighted by Gasteiger charge is 2.22. The van der Waals surface area contributed by atoms with Crippen molar-refractivity contribution in [2.45, 2.75) is 13.5 Å². The van der Waals surface area contributed by atoms with Crippen LogP contribution in [0.1, 0.15) is 11.1 Å². The van der Waals surface area contributed by atoms with Crippen molar-refractivity contribution < 1.29 is 19.2 Å². The van der Waals surface area contributed by atoms with Gasteiger partial charge in [0, 0.05) is 38.8 Å². The number of carbonyl (C=O) groups excluding carboxylic acids is 1. The average molecular weight is 399 g/mol. The molecule has 29 heavy (non-hydrogen) atoms. The molecule has 0 aromatic heterocycles. The lowest BCUT2D eigenvalue weighted by Crippen LogP contribution is -2.49. The molecule has 1 heterocycles. The molecule has 1 aliphatic heterocycles. The first-order valence-corrected chi connectivity index (χ1v) is 9.59. The van der Waals surface area contributed by atoms with E-state index < -0.39 is 4.92 Å². The fourth-order valence-corrected chi connectivity index (χ4v) is 3.11. The van der Waals surface area contributed by atoms with E-state index in [1.165, 1.54) is 12.1 Å². The van der Waals surface area contributed by atoms with Gasteiger partial charge in [-0.1, -0.05) is 30.3 Å². The van der Waals surface area contributed by atoms with Crippen LogP contribution < -0.4 is 4.74 Å². The van der Waals surface area contributed by atoms with Crippen LogP contribution in [0.5, 0.6) is 5.75 Å². The number of carbonyl (C=O) groups is 1. The zero-order chi connectivity index (χ0) is 20.6. The van der Waals surface area contributed by atoms with Crippen molar-refractivity contribution in [2.24, 2.45) is 0 Å². The Morgan fingerprint density at radius 2 is 1.83 bits per heavy atom. The molecule has 0 radical (unpaired) electrons. The quantitative estimate of drug-likeness (QED) is 0.525. The summed E-state index contributed by atoms with van der Waals surface area (Å²) in [5.41, 5.74) is 1.85. The summed E-state index contributed by atoms with van der Waals surface area (Å²) in [7, 11) is 0. The van der Waals surface area contributed by atoms with E-state index in [1.807, 2.05) is 37.3 Å². The molecule has 1 saturated heterocycles. The van der Waals surface area contributed by atoms with Crippen LogP contribution in [-0.4, -0.2) is 60.1 Å². The van der Waals surface area contributed by atoms with E-state index in [9.17, 15) is 14.9 Å². The molecular weight excluding hydrogens is 374 g/mol. The van der Waals surface area contributed by atoms with E-state index in [0.717, 1.165) is 24.2 Å². The topological polar surface area (TPSA) is 85.2 Å². The molecule has 0 spiro atoms. The number of amides is 1. The largest absolute Gasteiger partial charge is 0.492 e. The molecule has 0 aliphatic carbocycles. The molecule has 1 fully saturated rings. The molecule has 1 amide bonds. The van der Waals surface area contributed by atoms with Gasteiger partial charge in [-0.15, -0.1) is 0 Å². The van der Waals surface area contributed by atoms with Gasteiger partial charge < -0.3 is 14.4 Å². The second-order valence-electron chi connectivity index (χ2n) is 6.92. The lowest BCUT2D eigenvalue weighted by Gasteiger charge is -2.33. The Hall–Kier alpha value is -3.13. The molecule has 8 nitrogen and oxygen atoms in total. The molecule has 0 N–H and O–H groups in total. The Balaban J connectivity index is 1.38. The Kier molecular flexibility index (Phi) is 7.02. The van der Waals surface area contributed by atoms with Crippen LogP contribution >= 0.6 is 0 Å². The minimum atomic E-state index is -0.428. The van der Waals surface area contributed by atoms with Gasteiger partial charge in [-0.05, 0) is 24.1 Å². The average Bonchev–Trinajstić information content (AvgIpc) is 2.74. The van der Waals surface area contributed by atoms with Gasteiger partial charge in [0.25, 0.3) is 5.69 Å². The molecule has 0 saturated carbocycles. The summed E-state index contributed by atoms with van der Waals surface area (Å²) in [4.78, 5) is 26.6. The van der Waals surface area contributed by atoms with Crippen molar-refractivity contribution in [3.05, 3.63) is 69.8 Å². The monoisotopic (exact) mass is 399 g/mol. The van der Waals surface area contributed by atoms with Gasteiger partial charge in [-0.2, -0.15) is 0 Å². The molecule has 3 rings (SSSR count). The summed E-state index contributed by atoms with van der Waals surface area (Å²) in [6.07, 6.45) is -0.294. The molecule has 0 unspecified atom stereocenters. The third-order valence-corrected chi connectivity index (χ3v) is 4.88. The minimum Gasteiger partial charge on any atom is -0.492 e. The van der Waals surface area contributed by atoms with Crippen molar-refractivity contribution in [1.29, 1.82) is 0 Å². The molecule has 2 aromatic carbocycles. The predicted octanol–water partition coefficient (Wildman–Crippen LogP) is 3.24. The van der Waals surface area contributed by atoms with E-state index in [2.05, 4.69) is 4.90 Å². The number of non-ortho nitro benzene ring substituents is 1. The molecule has 2 aromatic rings. The number of hydrogen-bond acceptors (Lipinski definition) is 6. The van der Waals surface area contributed by atoms with E-state index >= 15 is 0 Å². The normalized spacial score (nSPS) is 14.4. The van der Waals surface area contributed by atoms with Crippen LogP contribution in [0.4, 0.5) is 10.5 Å². The predicted molar refractivity (Wildman–Crippen MR) is 108 cm³/mol. The number of hydrogen-bond donors (Lipinski definition) is 0. The van der Waals surface area contributed by atoms with Crippen molar-refractivity contribution in [3.63, 3.8) is 0 Å². The number of nitro groups is 1. The van der Waals surface area contributed by atoms with Crippen molar-refractivity contribution in [2.75, 3.05) is 39.3 Å². The fraction of sp³-hybridized carbons (Fsp3) is 0.381. The van der Waals surface area contributed by atoms with Gasteiger partial charge >= 0.3 is 6.09 Å². The van der Waals surface area contributed by atoms with Gasteiger partial charge in [0.1, 0.15) is 19.0 Å². The third-order valence-electron chi connectivity index (χ3n) is 4.88. The number of ether oxygens (including phenoxy) is 2. The zero-order valence-electron chi connectivity index (χ0n) is 16.5. The maximum atomic E-state index is 12.2. The number of nitro benzene ring substituents is 1. The van der Waals surface area contributed by atoms with E-state index in [1.54, 1.807) is 11.0 Å². The summed E-state index contributed by atoms with van der Waals surface area (Å²) < 4.78 is 11.1. The van der Waals surface area contributed by atoms with E-state index in [4.69, 9.17) is 9.47 Å². The SMILES string of the molecule is Cc1ccc([N+](=O)[O-])cc1OCCN1CCN(C(=O)OCc2ccccc2)CC1. The lowest BCUT2D eigenvalue weighted by molar-refractivity contribution is -0.384. The van der Waals surface area contributed by atoms with E-state index in [-0.39, 0.29) is 18.4 Å². The van der Waals surface area contributed by atoms with Crippen LogP contribution in [0.2, 0.25) is 0 Å². The highest BCUT2D eigenvalue weighted by molar-refractivity contribution is 5.67. The Morgan fingerprint density at radius 3 is 2.52 bits per heavy atom. The van der Waals surface area contributed by atoms with Gasteiger partial charge in [0.05, 0.1) is 11.0 Å². The number of rotatable bonds is 7. The van der Waals surface area contributed by atoms with Gasteiger partial charge in [0.2, 0.25) is 0 Å². The van der Waals surface area contributed by atoms with Gasteiger partial charge in [-0.25, -0.2) is 4.79 Å². The third kappa shape index (κ3) is 5.92. The number of piperazine rings is 1. The zero-order valence-corrected chi connectivity index (χ0v) is 16.5. The van der Waals surface area contributed by atoms with Crippen LogP contribution in [0.3, 0.4) is 0 Å². The second-order valence-corrected chi connectivity index (χ2v) is 6.92. The van der Waals surface area contributed by atoms with Crippen LogP contribution in [0, 0.1) is 17.0 Å². The molecule has 154 valence electrons. The Bertz CT molecular complexity index is 835. The highest BCUT2D eigenvalue weighted by atomic mass is 16.6. The highest BCUT2D eigenvalue weighted by Crippen LogP contribution is 2.24. The summed E-state index contributed by atoms with van der Waals surface area (Å²) in [6, 6.07) is 14.2. The summed E-state index contributed by atoms with van der Waals surface area (Å²) in [5.74, 6) is 0.530. The lowest BCUT2D eigenvalue weighted by atomic mass is 10.2. The number of nitrogens with zero attached hydrogens (tertiary/aromatic N) is 3. The maximum absolute atomic E-state index is 12.2. The number of benzene rings is 2. The maximum Gasteiger partial charge on any atom is 0.410 e. The first-order valence-electron chi connectivity index (χ1n) is 9.59. The first-order chi connectivity index (χ1) is 14.0. The smallest absolute Gasteiger partial charge is 0.410 e. The molecule has 8 heteroatoms. The minimum absolute atomic E-state index is 0.0215. The molecule has 1 aliphatic rings. The van der Waals surface area contributed by atoms with Crippen LogP contribution in [-0.2, 0) is 11.3 Å². The second kappa shape index (κ2) is 9.88. The van der Waals surface area contributed by atoms with E-state index in [0.29, 0.717) is 32.0 Å². The van der Waals surface area contributed by atoms with Crippen LogP contribution in [0.15, 0.2) is 48.5 Å². The molecule has 0 atom stereocenters. The molecular formula is C21H25N3O5. The molecule has 0 bridgehead atoms. The van der Waals surface area contributed by atoms with Gasteiger partial charge in [-0.3, -0.25) is 15.0 Å². The van der Waals surface area contributed by atoms with Crippen molar-refractivity contribution in [3.8, 4) is 5.75 Å². The van der Waals surface area contributed by atoms with Gasteiger partial charge in [0.15, 0.2) is 0 Å². The van der Waals surface area contributed by atoms with Crippen LogP contribution in [0.25, 0.3) is 0 Å². The summed E-state index contributed by atoms with van der Waals surface area (Å²) in [5, 5.41) is 10.9. The summed E-state index contributed by atoms with van der Waals surface area (Å²) in [6.45, 7) is 5.92. The fourth-order valence-electron chi connectivity index (χ4n) is 3.11. The van der Waals surface area contributed by atoms with Crippen molar-refractivity contribution in [1.82, 2.24) is 9.80 Å². The summed E-state index contributed by atoms with van der Waals surface area (Å²) >= 11 is 0.